The summed E-state index contributed by atoms with van der Waals surface area (Å²) in [7, 11) is -0.648. The van der Waals surface area contributed by atoms with Crippen LogP contribution in [0.3, 0.4) is 0 Å². The lowest BCUT2D eigenvalue weighted by Gasteiger charge is -2.42. The fourth-order valence-corrected chi connectivity index (χ4v) is 4.46. The van der Waals surface area contributed by atoms with Crippen LogP contribution in [0.2, 0.25) is 0 Å². The SMILES string of the molecule is CN(C)S(=O)(=O)c1cccc(-c2nnc(C3(C)CCCCN3C(=O)OC(C)(C)C)o2)c1. The number of hydrogen-bond donors (Lipinski definition) is 0. The van der Waals surface area contributed by atoms with E-state index in [2.05, 4.69) is 10.2 Å². The van der Waals surface area contributed by atoms with Crippen molar-refractivity contribution in [3.63, 3.8) is 0 Å². The highest BCUT2D eigenvalue weighted by atomic mass is 32.2. The van der Waals surface area contributed by atoms with Crippen LogP contribution in [0.1, 0.15) is 52.8 Å². The minimum Gasteiger partial charge on any atom is -0.444 e. The maximum atomic E-state index is 12.8. The molecule has 9 nitrogen and oxygen atoms in total. The highest BCUT2D eigenvalue weighted by Crippen LogP contribution is 2.38. The zero-order valence-corrected chi connectivity index (χ0v) is 19.7. The summed E-state index contributed by atoms with van der Waals surface area (Å²) in [5.74, 6) is 0.496. The first-order valence-electron chi connectivity index (χ1n) is 10.2. The van der Waals surface area contributed by atoms with Gasteiger partial charge in [0.15, 0.2) is 0 Å². The standard InChI is InChI=1S/C21H30N4O5S/c1-20(2,3)30-19(26)25-13-8-7-12-21(25,4)18-23-22-17(29-18)15-10-9-11-16(14-15)31(27,28)24(5)6/h9-11,14H,7-8,12-13H2,1-6H3. The van der Waals surface area contributed by atoms with Gasteiger partial charge in [0, 0.05) is 26.2 Å². The van der Waals surface area contributed by atoms with Crippen molar-refractivity contribution in [3.8, 4) is 11.5 Å². The second-order valence-corrected chi connectivity index (χ2v) is 11.2. The summed E-state index contributed by atoms with van der Waals surface area (Å²) in [6.07, 6.45) is 2.00. The first kappa shape index (κ1) is 23.2. The normalized spacial score (nSPS) is 20.2. The van der Waals surface area contributed by atoms with Gasteiger partial charge < -0.3 is 9.15 Å². The molecule has 1 fully saturated rings. The molecule has 170 valence electrons. The van der Waals surface area contributed by atoms with Gasteiger partial charge >= 0.3 is 6.09 Å². The fraction of sp³-hybridized carbons (Fsp3) is 0.571. The van der Waals surface area contributed by atoms with E-state index in [0.717, 1.165) is 17.1 Å². The predicted octanol–water partition coefficient (Wildman–Crippen LogP) is 3.62. The molecule has 0 spiro atoms. The number of sulfonamides is 1. The molecule has 0 saturated carbocycles. The van der Waals surface area contributed by atoms with Crippen LogP contribution in [0, 0.1) is 0 Å². The van der Waals surface area contributed by atoms with Gasteiger partial charge in [-0.25, -0.2) is 17.5 Å². The molecule has 0 aliphatic carbocycles. The van der Waals surface area contributed by atoms with E-state index in [-0.39, 0.29) is 10.8 Å². The third kappa shape index (κ3) is 4.74. The van der Waals surface area contributed by atoms with Crippen molar-refractivity contribution in [2.24, 2.45) is 0 Å². The Bertz CT molecular complexity index is 1060. The molecule has 1 aliphatic heterocycles. The number of amides is 1. The number of piperidine rings is 1. The lowest BCUT2D eigenvalue weighted by atomic mass is 9.88. The number of rotatable bonds is 4. The summed E-state index contributed by atoms with van der Waals surface area (Å²) in [4.78, 5) is 14.6. The van der Waals surface area contributed by atoms with Crippen LogP contribution in [0.15, 0.2) is 33.6 Å². The van der Waals surface area contributed by atoms with Gasteiger partial charge in [0.2, 0.25) is 21.8 Å². The maximum absolute atomic E-state index is 12.8. The second-order valence-electron chi connectivity index (χ2n) is 9.09. The van der Waals surface area contributed by atoms with Crippen molar-refractivity contribution < 1.29 is 22.4 Å². The Kier molecular flexibility index (Phi) is 6.16. The van der Waals surface area contributed by atoms with Crippen LogP contribution in [-0.2, 0) is 20.3 Å². The van der Waals surface area contributed by atoms with E-state index < -0.39 is 27.3 Å². The zero-order chi connectivity index (χ0) is 23.0. The van der Waals surface area contributed by atoms with E-state index in [1.54, 1.807) is 17.0 Å². The molecular weight excluding hydrogens is 420 g/mol. The van der Waals surface area contributed by atoms with E-state index in [1.807, 2.05) is 27.7 Å². The summed E-state index contributed by atoms with van der Waals surface area (Å²) in [6, 6.07) is 6.36. The van der Waals surface area contributed by atoms with Gasteiger partial charge in [-0.05, 0) is 65.2 Å². The molecule has 0 bridgehead atoms. The Hall–Kier alpha value is -2.46. The molecule has 1 atom stereocenters. The molecule has 1 aromatic heterocycles. The summed E-state index contributed by atoms with van der Waals surface area (Å²) in [5.41, 5.74) is -0.933. The van der Waals surface area contributed by atoms with E-state index >= 15 is 0 Å². The van der Waals surface area contributed by atoms with E-state index in [1.165, 1.54) is 26.2 Å². The van der Waals surface area contributed by atoms with Gasteiger partial charge in [-0.3, -0.25) is 4.90 Å². The van der Waals surface area contributed by atoms with Gasteiger partial charge in [0.25, 0.3) is 0 Å². The summed E-state index contributed by atoms with van der Waals surface area (Å²) >= 11 is 0. The minimum atomic E-state index is -3.60. The van der Waals surface area contributed by atoms with Gasteiger partial charge in [-0.1, -0.05) is 6.07 Å². The van der Waals surface area contributed by atoms with Crippen LogP contribution in [0.5, 0.6) is 0 Å². The van der Waals surface area contributed by atoms with E-state index in [9.17, 15) is 13.2 Å². The summed E-state index contributed by atoms with van der Waals surface area (Å²) < 4.78 is 37.6. The average Bonchev–Trinajstić information content (AvgIpc) is 3.18. The molecule has 2 heterocycles. The lowest BCUT2D eigenvalue weighted by Crippen LogP contribution is -2.52. The highest BCUT2D eigenvalue weighted by molar-refractivity contribution is 7.89. The van der Waals surface area contributed by atoms with Crippen LogP contribution < -0.4 is 0 Å². The fourth-order valence-electron chi connectivity index (χ4n) is 3.51. The van der Waals surface area contributed by atoms with Crippen molar-refractivity contribution >= 4 is 16.1 Å². The number of carbonyl (C=O) groups is 1. The summed E-state index contributed by atoms with van der Waals surface area (Å²) in [6.45, 7) is 7.89. The second kappa shape index (κ2) is 8.23. The monoisotopic (exact) mass is 450 g/mol. The number of likely N-dealkylation sites (tertiary alicyclic amines) is 1. The lowest BCUT2D eigenvalue weighted by molar-refractivity contribution is -0.0198. The van der Waals surface area contributed by atoms with Crippen molar-refractivity contribution in [1.29, 1.82) is 0 Å². The van der Waals surface area contributed by atoms with Crippen molar-refractivity contribution in [2.45, 2.75) is 63.0 Å². The molecule has 3 rings (SSSR count). The van der Waals surface area contributed by atoms with Crippen LogP contribution >= 0.6 is 0 Å². The van der Waals surface area contributed by atoms with E-state index in [4.69, 9.17) is 9.15 Å². The van der Waals surface area contributed by atoms with Crippen molar-refractivity contribution in [2.75, 3.05) is 20.6 Å². The Balaban J connectivity index is 1.94. The topological polar surface area (TPSA) is 106 Å². The summed E-state index contributed by atoms with van der Waals surface area (Å²) in [5, 5.41) is 8.36. The smallest absolute Gasteiger partial charge is 0.411 e. The van der Waals surface area contributed by atoms with Crippen LogP contribution in [0.25, 0.3) is 11.5 Å². The van der Waals surface area contributed by atoms with Crippen LogP contribution in [0.4, 0.5) is 4.79 Å². The molecular formula is C21H30N4O5S. The van der Waals surface area contributed by atoms with Gasteiger partial charge in [0.1, 0.15) is 11.1 Å². The Labute approximate surface area is 183 Å². The van der Waals surface area contributed by atoms with Gasteiger partial charge in [0.05, 0.1) is 4.90 Å². The average molecular weight is 451 g/mol. The number of benzene rings is 1. The predicted molar refractivity (Wildman–Crippen MR) is 115 cm³/mol. The number of ether oxygens (including phenoxy) is 1. The molecule has 1 aliphatic rings. The maximum Gasteiger partial charge on any atom is 0.411 e. The van der Waals surface area contributed by atoms with Crippen molar-refractivity contribution in [1.82, 2.24) is 19.4 Å². The number of hydrogen-bond acceptors (Lipinski definition) is 7. The highest BCUT2D eigenvalue weighted by Gasteiger charge is 2.45. The largest absolute Gasteiger partial charge is 0.444 e. The quantitative estimate of drug-likeness (QED) is 0.700. The molecule has 0 N–H and O–H groups in total. The van der Waals surface area contributed by atoms with Gasteiger partial charge in [-0.2, -0.15) is 0 Å². The first-order chi connectivity index (χ1) is 14.3. The molecule has 1 amide bonds. The van der Waals surface area contributed by atoms with Crippen molar-refractivity contribution in [3.05, 3.63) is 30.2 Å². The first-order valence-corrected chi connectivity index (χ1v) is 11.7. The molecule has 1 unspecified atom stereocenters. The third-order valence-corrected chi connectivity index (χ3v) is 7.06. The van der Waals surface area contributed by atoms with E-state index in [0.29, 0.717) is 24.4 Å². The zero-order valence-electron chi connectivity index (χ0n) is 18.9. The Morgan fingerprint density at radius 3 is 2.58 bits per heavy atom. The minimum absolute atomic E-state index is 0.133. The number of carbonyl (C=O) groups excluding carboxylic acids is 1. The molecule has 1 saturated heterocycles. The van der Waals surface area contributed by atoms with Gasteiger partial charge in [-0.15, -0.1) is 10.2 Å². The molecule has 10 heteroatoms. The Morgan fingerprint density at radius 1 is 1.23 bits per heavy atom. The third-order valence-electron chi connectivity index (χ3n) is 5.25. The number of aromatic nitrogens is 2. The Morgan fingerprint density at radius 2 is 1.94 bits per heavy atom. The molecule has 2 aromatic rings. The molecule has 0 radical (unpaired) electrons. The molecule has 31 heavy (non-hydrogen) atoms. The van der Waals surface area contributed by atoms with Crippen LogP contribution in [-0.4, -0.2) is 60.2 Å². The molecule has 1 aromatic carbocycles. The number of nitrogens with zero attached hydrogens (tertiary/aromatic N) is 4.